The lowest BCUT2D eigenvalue weighted by Gasteiger charge is -2.22. The molecule has 2 aromatic heterocycles. The van der Waals surface area contributed by atoms with Crippen LogP contribution in [0.1, 0.15) is 16.9 Å². The Kier molecular flexibility index (Phi) is 5.87. The molecule has 1 aliphatic heterocycles. The summed E-state index contributed by atoms with van der Waals surface area (Å²) in [6.07, 6.45) is 5.68. The van der Waals surface area contributed by atoms with Gasteiger partial charge in [0.25, 0.3) is 0 Å². The van der Waals surface area contributed by atoms with Crippen LogP contribution in [0, 0.1) is 0 Å². The van der Waals surface area contributed by atoms with E-state index in [1.807, 2.05) is 24.3 Å². The fraction of sp³-hybridized carbons (Fsp3) is 0.529. The normalized spacial score (nSPS) is 16.1. The first kappa shape index (κ1) is 17.0. The Hall–Kier alpha value is -1.86. The number of carbonyl (C=O) groups is 1. The molecule has 130 valence electrons. The maximum Gasteiger partial charge on any atom is 0.317 e. The highest BCUT2D eigenvalue weighted by molar-refractivity contribution is 7.09. The fourth-order valence-electron chi connectivity index (χ4n) is 2.98. The molecule has 2 amide bonds. The van der Waals surface area contributed by atoms with Crippen molar-refractivity contribution in [1.82, 2.24) is 24.9 Å². The predicted octanol–water partition coefficient (Wildman–Crippen LogP) is 1.94. The number of rotatable bonds is 5. The van der Waals surface area contributed by atoms with Gasteiger partial charge in [0.05, 0.1) is 6.20 Å². The Morgan fingerprint density at radius 2 is 2.25 bits per heavy atom. The molecule has 0 atom stereocenters. The first-order valence-corrected chi connectivity index (χ1v) is 9.34. The van der Waals surface area contributed by atoms with E-state index in [9.17, 15) is 4.79 Å². The second-order valence-electron chi connectivity index (χ2n) is 6.20. The summed E-state index contributed by atoms with van der Waals surface area (Å²) < 4.78 is 1.79. The van der Waals surface area contributed by atoms with E-state index in [-0.39, 0.29) is 6.03 Å². The third kappa shape index (κ3) is 4.82. The van der Waals surface area contributed by atoms with Crippen LogP contribution in [-0.2, 0) is 20.0 Å². The number of aromatic nitrogens is 2. The highest BCUT2D eigenvalue weighted by Crippen LogP contribution is 2.13. The number of nitrogens with zero attached hydrogens (tertiary/aromatic N) is 4. The molecule has 1 fully saturated rings. The number of nitrogens with one attached hydrogen (secondary N) is 1. The van der Waals surface area contributed by atoms with Gasteiger partial charge in [-0.1, -0.05) is 6.07 Å². The molecule has 0 aliphatic carbocycles. The predicted molar refractivity (Wildman–Crippen MR) is 96.1 cm³/mol. The molecule has 1 saturated heterocycles. The van der Waals surface area contributed by atoms with Gasteiger partial charge in [-0.25, -0.2) is 4.79 Å². The van der Waals surface area contributed by atoms with E-state index in [0.717, 1.165) is 51.1 Å². The van der Waals surface area contributed by atoms with E-state index in [4.69, 9.17) is 0 Å². The number of hydrogen-bond acceptors (Lipinski definition) is 4. The second-order valence-corrected chi connectivity index (χ2v) is 7.23. The molecule has 3 rings (SSSR count). The highest BCUT2D eigenvalue weighted by Gasteiger charge is 2.19. The monoisotopic (exact) mass is 347 g/mol. The van der Waals surface area contributed by atoms with Crippen molar-refractivity contribution in [1.29, 1.82) is 0 Å². The van der Waals surface area contributed by atoms with E-state index in [2.05, 4.69) is 32.8 Å². The summed E-state index contributed by atoms with van der Waals surface area (Å²) in [6, 6.07) is 4.33. The third-order valence-corrected chi connectivity index (χ3v) is 5.14. The molecular formula is C17H25N5OS. The van der Waals surface area contributed by atoms with Crippen LogP contribution in [0.2, 0.25) is 0 Å². The van der Waals surface area contributed by atoms with Crippen molar-refractivity contribution in [3.63, 3.8) is 0 Å². The van der Waals surface area contributed by atoms with Crippen molar-refractivity contribution in [2.75, 3.05) is 32.7 Å². The Bertz CT molecular complexity index is 639. The Morgan fingerprint density at radius 3 is 3.00 bits per heavy atom. The van der Waals surface area contributed by atoms with Crippen molar-refractivity contribution in [2.45, 2.75) is 19.4 Å². The Labute approximate surface area is 147 Å². The molecule has 7 heteroatoms. The van der Waals surface area contributed by atoms with Gasteiger partial charge in [-0.2, -0.15) is 5.10 Å². The summed E-state index contributed by atoms with van der Waals surface area (Å²) in [5.41, 5.74) is 1.15. The molecule has 0 bridgehead atoms. The van der Waals surface area contributed by atoms with Gasteiger partial charge in [0.15, 0.2) is 0 Å². The maximum absolute atomic E-state index is 12.3. The third-order valence-electron chi connectivity index (χ3n) is 4.28. The van der Waals surface area contributed by atoms with Crippen LogP contribution in [0.5, 0.6) is 0 Å². The zero-order valence-corrected chi connectivity index (χ0v) is 15.0. The average molecular weight is 347 g/mol. The van der Waals surface area contributed by atoms with Crippen molar-refractivity contribution < 1.29 is 4.79 Å². The highest BCUT2D eigenvalue weighted by atomic mass is 32.1. The van der Waals surface area contributed by atoms with Crippen LogP contribution in [0.4, 0.5) is 4.79 Å². The number of hydrogen-bond donors (Lipinski definition) is 1. The molecule has 0 aromatic carbocycles. The van der Waals surface area contributed by atoms with E-state index in [1.54, 1.807) is 16.0 Å². The number of urea groups is 1. The molecule has 3 heterocycles. The summed E-state index contributed by atoms with van der Waals surface area (Å²) in [6.45, 7) is 5.27. The van der Waals surface area contributed by atoms with E-state index in [1.165, 1.54) is 4.88 Å². The van der Waals surface area contributed by atoms with E-state index in [0.29, 0.717) is 6.54 Å². The fourth-order valence-corrected chi connectivity index (χ4v) is 3.73. The molecule has 2 aromatic rings. The van der Waals surface area contributed by atoms with Gasteiger partial charge in [0, 0.05) is 57.4 Å². The van der Waals surface area contributed by atoms with Crippen LogP contribution in [-0.4, -0.2) is 58.3 Å². The largest absolute Gasteiger partial charge is 0.338 e. The number of thiophene rings is 1. The molecular weight excluding hydrogens is 322 g/mol. The minimum Gasteiger partial charge on any atom is -0.338 e. The molecule has 6 nitrogen and oxygen atoms in total. The van der Waals surface area contributed by atoms with Crippen LogP contribution >= 0.6 is 11.3 Å². The molecule has 0 spiro atoms. The molecule has 0 radical (unpaired) electrons. The minimum atomic E-state index is 0.0527. The average Bonchev–Trinajstić information content (AvgIpc) is 3.15. The molecule has 1 N–H and O–H groups in total. The quantitative estimate of drug-likeness (QED) is 0.899. The smallest absolute Gasteiger partial charge is 0.317 e. The lowest BCUT2D eigenvalue weighted by molar-refractivity contribution is 0.198. The van der Waals surface area contributed by atoms with Crippen LogP contribution < -0.4 is 5.32 Å². The maximum atomic E-state index is 12.3. The standard InChI is InChI=1S/C17H25N5OS/c1-20-13-15(12-19-20)5-6-18-17(23)22-8-3-7-21(9-10-22)14-16-4-2-11-24-16/h2,4,11-13H,3,5-10,14H2,1H3,(H,18,23). The van der Waals surface area contributed by atoms with Gasteiger partial charge in [-0.05, 0) is 29.9 Å². The lowest BCUT2D eigenvalue weighted by Crippen LogP contribution is -2.42. The molecule has 24 heavy (non-hydrogen) atoms. The zero-order chi connectivity index (χ0) is 16.8. The van der Waals surface area contributed by atoms with Gasteiger partial charge in [0.1, 0.15) is 0 Å². The zero-order valence-electron chi connectivity index (χ0n) is 14.1. The Balaban J connectivity index is 1.40. The van der Waals surface area contributed by atoms with Crippen LogP contribution in [0.3, 0.4) is 0 Å². The topological polar surface area (TPSA) is 53.4 Å². The minimum absolute atomic E-state index is 0.0527. The number of carbonyl (C=O) groups excluding carboxylic acids is 1. The van der Waals surface area contributed by atoms with E-state index >= 15 is 0 Å². The van der Waals surface area contributed by atoms with Crippen molar-refractivity contribution in [2.24, 2.45) is 7.05 Å². The van der Waals surface area contributed by atoms with Crippen molar-refractivity contribution in [3.8, 4) is 0 Å². The van der Waals surface area contributed by atoms with Crippen molar-refractivity contribution in [3.05, 3.63) is 40.3 Å². The summed E-state index contributed by atoms with van der Waals surface area (Å²) in [5.74, 6) is 0. The van der Waals surface area contributed by atoms with Crippen LogP contribution in [0.25, 0.3) is 0 Å². The summed E-state index contributed by atoms with van der Waals surface area (Å²) in [4.78, 5) is 18.1. The van der Waals surface area contributed by atoms with Gasteiger partial charge in [0.2, 0.25) is 0 Å². The van der Waals surface area contributed by atoms with Gasteiger partial charge in [-0.15, -0.1) is 11.3 Å². The first-order valence-electron chi connectivity index (χ1n) is 8.46. The second kappa shape index (κ2) is 8.30. The summed E-state index contributed by atoms with van der Waals surface area (Å²) >= 11 is 1.80. The molecule has 0 unspecified atom stereocenters. The number of amides is 2. The van der Waals surface area contributed by atoms with Crippen LogP contribution in [0.15, 0.2) is 29.9 Å². The van der Waals surface area contributed by atoms with Crippen molar-refractivity contribution >= 4 is 17.4 Å². The van der Waals surface area contributed by atoms with E-state index < -0.39 is 0 Å². The van der Waals surface area contributed by atoms with Gasteiger partial charge >= 0.3 is 6.03 Å². The first-order chi connectivity index (χ1) is 11.7. The molecule has 1 aliphatic rings. The Morgan fingerprint density at radius 1 is 1.33 bits per heavy atom. The van der Waals surface area contributed by atoms with Gasteiger partial charge < -0.3 is 10.2 Å². The SMILES string of the molecule is Cn1cc(CCNC(=O)N2CCCN(Cc3cccs3)CC2)cn1. The lowest BCUT2D eigenvalue weighted by atomic mass is 10.2. The molecule has 0 saturated carbocycles. The summed E-state index contributed by atoms with van der Waals surface area (Å²) in [5, 5.41) is 9.30. The summed E-state index contributed by atoms with van der Waals surface area (Å²) in [7, 11) is 1.90. The number of aryl methyl sites for hydroxylation is 1. The van der Waals surface area contributed by atoms with Gasteiger partial charge in [-0.3, -0.25) is 9.58 Å².